The number of aliphatic hydroxyl groups excluding tert-OH is 1. The van der Waals surface area contributed by atoms with Crippen LogP contribution in [0, 0.1) is 6.92 Å². The van der Waals surface area contributed by atoms with Gasteiger partial charge in [0.2, 0.25) is 0 Å². The van der Waals surface area contributed by atoms with Crippen molar-refractivity contribution in [1.82, 2.24) is 0 Å². The van der Waals surface area contributed by atoms with Crippen molar-refractivity contribution in [3.63, 3.8) is 0 Å². The maximum absolute atomic E-state index is 9.27. The van der Waals surface area contributed by atoms with Gasteiger partial charge in [0.15, 0.2) is 0 Å². The Balaban J connectivity index is 2.27. The first-order valence-electron chi connectivity index (χ1n) is 6.69. The van der Waals surface area contributed by atoms with Crippen LogP contribution >= 0.6 is 0 Å². The van der Waals surface area contributed by atoms with Crippen molar-refractivity contribution in [1.29, 1.82) is 0 Å². The van der Waals surface area contributed by atoms with Gasteiger partial charge in [0, 0.05) is 24.8 Å². The molecule has 0 aliphatic rings. The second kappa shape index (κ2) is 6.44. The van der Waals surface area contributed by atoms with Crippen LogP contribution in [-0.4, -0.2) is 19.3 Å². The monoisotopic (exact) mass is 271 g/mol. The second-order valence-electron chi connectivity index (χ2n) is 4.95. The van der Waals surface area contributed by atoms with E-state index in [9.17, 15) is 5.11 Å². The molecule has 0 radical (unpaired) electrons. The summed E-state index contributed by atoms with van der Waals surface area (Å²) >= 11 is 0. The molecule has 0 aliphatic heterocycles. The lowest BCUT2D eigenvalue weighted by Crippen LogP contribution is -2.18. The van der Waals surface area contributed by atoms with Crippen LogP contribution in [0.1, 0.15) is 16.7 Å². The van der Waals surface area contributed by atoms with Gasteiger partial charge in [0.25, 0.3) is 0 Å². The SMILES string of the molecule is COc1ccc(CO)cc1CN(C)c1ccccc1C. The minimum Gasteiger partial charge on any atom is -0.496 e. The number of anilines is 1. The van der Waals surface area contributed by atoms with Crippen LogP contribution < -0.4 is 9.64 Å². The normalized spacial score (nSPS) is 10.4. The summed E-state index contributed by atoms with van der Waals surface area (Å²) in [6.07, 6.45) is 0. The first kappa shape index (κ1) is 14.4. The summed E-state index contributed by atoms with van der Waals surface area (Å²) in [6.45, 7) is 2.89. The molecule has 0 aliphatic carbocycles. The summed E-state index contributed by atoms with van der Waals surface area (Å²) in [5.74, 6) is 0.850. The Morgan fingerprint density at radius 3 is 2.55 bits per heavy atom. The molecule has 0 atom stereocenters. The van der Waals surface area contributed by atoms with Crippen LogP contribution in [0.15, 0.2) is 42.5 Å². The van der Waals surface area contributed by atoms with Gasteiger partial charge in [-0.2, -0.15) is 0 Å². The Hall–Kier alpha value is -2.00. The molecule has 0 saturated heterocycles. The Morgan fingerprint density at radius 1 is 1.15 bits per heavy atom. The van der Waals surface area contributed by atoms with Crippen molar-refractivity contribution in [2.75, 3.05) is 19.1 Å². The molecule has 3 heteroatoms. The van der Waals surface area contributed by atoms with E-state index < -0.39 is 0 Å². The van der Waals surface area contributed by atoms with Gasteiger partial charge < -0.3 is 14.7 Å². The average Bonchev–Trinajstić information content (AvgIpc) is 2.47. The molecule has 2 aromatic rings. The fourth-order valence-electron chi connectivity index (χ4n) is 2.39. The second-order valence-corrected chi connectivity index (χ2v) is 4.95. The molecular formula is C17H21NO2. The smallest absolute Gasteiger partial charge is 0.123 e. The predicted molar refractivity (Wildman–Crippen MR) is 82.2 cm³/mol. The minimum atomic E-state index is 0.0467. The molecule has 0 bridgehead atoms. The van der Waals surface area contributed by atoms with Crippen molar-refractivity contribution >= 4 is 5.69 Å². The van der Waals surface area contributed by atoms with Gasteiger partial charge in [-0.05, 0) is 36.2 Å². The quantitative estimate of drug-likeness (QED) is 0.907. The Kier molecular flexibility index (Phi) is 4.64. The van der Waals surface area contributed by atoms with E-state index >= 15 is 0 Å². The molecule has 0 unspecified atom stereocenters. The fraction of sp³-hybridized carbons (Fsp3) is 0.294. The number of para-hydroxylation sites is 1. The van der Waals surface area contributed by atoms with Gasteiger partial charge in [-0.25, -0.2) is 0 Å². The van der Waals surface area contributed by atoms with Gasteiger partial charge >= 0.3 is 0 Å². The van der Waals surface area contributed by atoms with Gasteiger partial charge in [0.1, 0.15) is 5.75 Å². The molecule has 0 fully saturated rings. The maximum atomic E-state index is 9.27. The summed E-state index contributed by atoms with van der Waals surface area (Å²) in [4.78, 5) is 2.19. The van der Waals surface area contributed by atoms with Crippen molar-refractivity contribution in [3.05, 3.63) is 59.2 Å². The minimum absolute atomic E-state index is 0.0467. The number of benzene rings is 2. The van der Waals surface area contributed by atoms with E-state index in [0.717, 1.165) is 23.4 Å². The van der Waals surface area contributed by atoms with E-state index in [1.165, 1.54) is 11.3 Å². The molecule has 1 N–H and O–H groups in total. The number of ether oxygens (including phenoxy) is 1. The van der Waals surface area contributed by atoms with Crippen molar-refractivity contribution < 1.29 is 9.84 Å². The third-order valence-corrected chi connectivity index (χ3v) is 3.46. The van der Waals surface area contributed by atoms with Gasteiger partial charge in [-0.1, -0.05) is 24.3 Å². The number of aliphatic hydroxyl groups is 1. The van der Waals surface area contributed by atoms with E-state index in [0.29, 0.717) is 0 Å². The molecular weight excluding hydrogens is 250 g/mol. The highest BCUT2D eigenvalue weighted by Gasteiger charge is 2.09. The predicted octanol–water partition coefficient (Wildman–Crippen LogP) is 3.13. The fourth-order valence-corrected chi connectivity index (χ4v) is 2.39. The third-order valence-electron chi connectivity index (χ3n) is 3.46. The maximum Gasteiger partial charge on any atom is 0.123 e. The lowest BCUT2D eigenvalue weighted by Gasteiger charge is -2.23. The number of hydrogen-bond donors (Lipinski definition) is 1. The van der Waals surface area contributed by atoms with E-state index in [4.69, 9.17) is 4.74 Å². The number of nitrogens with zero attached hydrogens (tertiary/aromatic N) is 1. The van der Waals surface area contributed by atoms with Crippen LogP contribution in [0.2, 0.25) is 0 Å². The van der Waals surface area contributed by atoms with Crippen LogP contribution in [0.25, 0.3) is 0 Å². The van der Waals surface area contributed by atoms with Crippen LogP contribution in [-0.2, 0) is 13.2 Å². The average molecular weight is 271 g/mol. The molecule has 3 nitrogen and oxygen atoms in total. The largest absolute Gasteiger partial charge is 0.496 e. The Labute approximate surface area is 120 Å². The molecule has 0 saturated carbocycles. The molecule has 20 heavy (non-hydrogen) atoms. The zero-order valence-corrected chi connectivity index (χ0v) is 12.3. The van der Waals surface area contributed by atoms with Crippen molar-refractivity contribution in [3.8, 4) is 5.75 Å². The van der Waals surface area contributed by atoms with Gasteiger partial charge in [-0.3, -0.25) is 0 Å². The number of methoxy groups -OCH3 is 1. The summed E-state index contributed by atoms with van der Waals surface area (Å²) in [6, 6.07) is 14.1. The van der Waals surface area contributed by atoms with E-state index in [-0.39, 0.29) is 6.61 Å². The Morgan fingerprint density at radius 2 is 1.90 bits per heavy atom. The zero-order valence-electron chi connectivity index (χ0n) is 12.3. The van der Waals surface area contributed by atoms with Gasteiger partial charge in [-0.15, -0.1) is 0 Å². The van der Waals surface area contributed by atoms with Crippen LogP contribution in [0.4, 0.5) is 5.69 Å². The highest BCUT2D eigenvalue weighted by molar-refractivity contribution is 5.53. The highest BCUT2D eigenvalue weighted by atomic mass is 16.5. The van der Waals surface area contributed by atoms with Crippen molar-refractivity contribution in [2.45, 2.75) is 20.1 Å². The number of rotatable bonds is 5. The first-order valence-corrected chi connectivity index (χ1v) is 6.69. The summed E-state index contributed by atoms with van der Waals surface area (Å²) in [5, 5.41) is 9.27. The number of hydrogen-bond acceptors (Lipinski definition) is 3. The summed E-state index contributed by atoms with van der Waals surface area (Å²) in [7, 11) is 3.73. The van der Waals surface area contributed by atoms with E-state index in [1.54, 1.807) is 7.11 Å². The highest BCUT2D eigenvalue weighted by Crippen LogP contribution is 2.25. The van der Waals surface area contributed by atoms with Crippen molar-refractivity contribution in [2.24, 2.45) is 0 Å². The molecule has 106 valence electrons. The first-order chi connectivity index (χ1) is 9.65. The zero-order chi connectivity index (χ0) is 14.5. The lowest BCUT2D eigenvalue weighted by molar-refractivity contribution is 0.281. The molecule has 0 spiro atoms. The van der Waals surface area contributed by atoms with Crippen LogP contribution in [0.3, 0.4) is 0 Å². The molecule has 2 aromatic carbocycles. The summed E-state index contributed by atoms with van der Waals surface area (Å²) in [5.41, 5.74) is 4.42. The summed E-state index contributed by atoms with van der Waals surface area (Å²) < 4.78 is 5.40. The van der Waals surface area contributed by atoms with Crippen LogP contribution in [0.5, 0.6) is 5.75 Å². The number of aryl methyl sites for hydroxylation is 1. The lowest BCUT2D eigenvalue weighted by atomic mass is 10.1. The standard InChI is InChI=1S/C17H21NO2/c1-13-6-4-5-7-16(13)18(2)11-15-10-14(12-19)8-9-17(15)20-3/h4-10,19H,11-12H2,1-3H3. The Bertz CT molecular complexity index is 581. The molecule has 2 rings (SSSR count). The molecule has 0 amide bonds. The van der Waals surface area contributed by atoms with E-state index in [2.05, 4.69) is 31.0 Å². The topological polar surface area (TPSA) is 32.7 Å². The third kappa shape index (κ3) is 3.11. The molecule has 0 heterocycles. The van der Waals surface area contributed by atoms with Gasteiger partial charge in [0.05, 0.1) is 13.7 Å². The van der Waals surface area contributed by atoms with E-state index in [1.807, 2.05) is 30.3 Å². The molecule has 0 aromatic heterocycles.